The standard InChI is InChI=1S/C22H24N2O3S/c1-15(2)14-24-21(25)19(28-22(24)23-17-10-6-5-7-11-17)13-16-9-8-12-18(26-3)20(16)27-4/h5-13,15H,14H2,1-4H3/b19-13+,23-22?. The Hall–Kier alpha value is -2.73. The number of rotatable bonds is 6. The van der Waals surface area contributed by atoms with Crippen molar-refractivity contribution in [3.05, 3.63) is 59.0 Å². The number of thioether (sulfide) groups is 1. The van der Waals surface area contributed by atoms with Crippen LogP contribution in [0, 0.1) is 5.92 Å². The Morgan fingerprint density at radius 2 is 1.82 bits per heavy atom. The monoisotopic (exact) mass is 396 g/mol. The minimum atomic E-state index is -0.0433. The molecule has 0 saturated carbocycles. The van der Waals surface area contributed by atoms with Gasteiger partial charge in [-0.1, -0.05) is 44.2 Å². The van der Waals surface area contributed by atoms with E-state index in [0.29, 0.717) is 34.0 Å². The van der Waals surface area contributed by atoms with E-state index in [1.54, 1.807) is 19.1 Å². The van der Waals surface area contributed by atoms with Crippen molar-refractivity contribution >= 4 is 34.6 Å². The highest BCUT2D eigenvalue weighted by atomic mass is 32.2. The van der Waals surface area contributed by atoms with Gasteiger partial charge in [0.05, 0.1) is 24.8 Å². The number of amides is 1. The van der Waals surface area contributed by atoms with Crippen LogP contribution < -0.4 is 9.47 Å². The average molecular weight is 397 g/mol. The topological polar surface area (TPSA) is 51.1 Å². The van der Waals surface area contributed by atoms with E-state index in [1.165, 1.54) is 11.8 Å². The summed E-state index contributed by atoms with van der Waals surface area (Å²) in [5.74, 6) is 1.52. The highest BCUT2D eigenvalue weighted by molar-refractivity contribution is 8.18. The first-order valence-corrected chi connectivity index (χ1v) is 9.91. The number of hydrogen-bond donors (Lipinski definition) is 0. The summed E-state index contributed by atoms with van der Waals surface area (Å²) in [6.45, 7) is 4.79. The number of ether oxygens (including phenoxy) is 2. The minimum absolute atomic E-state index is 0.0433. The lowest BCUT2D eigenvalue weighted by Crippen LogP contribution is -2.32. The van der Waals surface area contributed by atoms with Crippen LogP contribution in [0.25, 0.3) is 6.08 Å². The van der Waals surface area contributed by atoms with Gasteiger partial charge in [-0.15, -0.1) is 0 Å². The number of hydrogen-bond acceptors (Lipinski definition) is 5. The zero-order valence-corrected chi connectivity index (χ0v) is 17.3. The van der Waals surface area contributed by atoms with Gasteiger partial charge in [-0.05, 0) is 42.0 Å². The fourth-order valence-electron chi connectivity index (χ4n) is 2.90. The lowest BCUT2D eigenvalue weighted by Gasteiger charge is -2.17. The Bertz CT molecular complexity index is 907. The van der Waals surface area contributed by atoms with Crippen LogP contribution in [-0.2, 0) is 4.79 Å². The molecule has 0 bridgehead atoms. The number of carbonyl (C=O) groups is 1. The molecule has 1 fully saturated rings. The molecule has 5 nitrogen and oxygen atoms in total. The molecule has 0 unspecified atom stereocenters. The zero-order valence-electron chi connectivity index (χ0n) is 16.5. The van der Waals surface area contributed by atoms with Crippen molar-refractivity contribution < 1.29 is 14.3 Å². The molecule has 0 aliphatic carbocycles. The molecule has 28 heavy (non-hydrogen) atoms. The average Bonchev–Trinajstić information content (AvgIpc) is 2.97. The maximum absolute atomic E-state index is 13.1. The van der Waals surface area contributed by atoms with Crippen molar-refractivity contribution in [1.29, 1.82) is 0 Å². The number of aliphatic imine (C=N–C) groups is 1. The van der Waals surface area contributed by atoms with E-state index < -0.39 is 0 Å². The van der Waals surface area contributed by atoms with Crippen LogP contribution in [-0.4, -0.2) is 36.7 Å². The molecular weight excluding hydrogens is 372 g/mol. The third-order valence-corrected chi connectivity index (χ3v) is 5.14. The van der Waals surface area contributed by atoms with Gasteiger partial charge in [0.2, 0.25) is 0 Å². The first-order chi connectivity index (χ1) is 13.5. The highest BCUT2D eigenvalue weighted by Gasteiger charge is 2.34. The van der Waals surface area contributed by atoms with Crippen molar-refractivity contribution in [3.63, 3.8) is 0 Å². The van der Waals surface area contributed by atoms with Crippen molar-refractivity contribution in [2.75, 3.05) is 20.8 Å². The molecule has 2 aromatic carbocycles. The molecule has 0 radical (unpaired) electrons. The maximum atomic E-state index is 13.1. The van der Waals surface area contributed by atoms with Gasteiger partial charge in [0.25, 0.3) is 5.91 Å². The third-order valence-electron chi connectivity index (χ3n) is 4.14. The van der Waals surface area contributed by atoms with E-state index in [1.807, 2.05) is 54.6 Å². The van der Waals surface area contributed by atoms with E-state index in [2.05, 4.69) is 13.8 Å². The second kappa shape index (κ2) is 8.97. The first kappa shape index (κ1) is 20.0. The van der Waals surface area contributed by atoms with Crippen LogP contribution in [0.2, 0.25) is 0 Å². The van der Waals surface area contributed by atoms with Gasteiger partial charge in [0.1, 0.15) is 0 Å². The van der Waals surface area contributed by atoms with Crippen molar-refractivity contribution in [3.8, 4) is 11.5 Å². The summed E-state index contributed by atoms with van der Waals surface area (Å²) >= 11 is 1.38. The molecule has 1 heterocycles. The number of para-hydroxylation sites is 2. The number of methoxy groups -OCH3 is 2. The largest absolute Gasteiger partial charge is 0.493 e. The fourth-order valence-corrected chi connectivity index (χ4v) is 3.90. The Balaban J connectivity index is 2.00. The summed E-state index contributed by atoms with van der Waals surface area (Å²) in [4.78, 5) is 20.1. The SMILES string of the molecule is COc1cccc(/C=C2/SC(=Nc3ccccc3)N(CC(C)C)C2=O)c1OC. The summed E-state index contributed by atoms with van der Waals surface area (Å²) in [7, 11) is 3.19. The Labute approximate surface area is 170 Å². The summed E-state index contributed by atoms with van der Waals surface area (Å²) in [6, 6.07) is 15.3. The van der Waals surface area contributed by atoms with Gasteiger partial charge >= 0.3 is 0 Å². The molecule has 0 spiro atoms. The molecule has 1 saturated heterocycles. The maximum Gasteiger partial charge on any atom is 0.266 e. The first-order valence-electron chi connectivity index (χ1n) is 9.09. The van der Waals surface area contributed by atoms with Crippen molar-refractivity contribution in [2.45, 2.75) is 13.8 Å². The lowest BCUT2D eigenvalue weighted by molar-refractivity contribution is -0.122. The molecule has 3 rings (SSSR count). The molecular formula is C22H24N2O3S. The molecule has 1 amide bonds. The van der Waals surface area contributed by atoms with Crippen molar-refractivity contribution in [1.82, 2.24) is 4.90 Å². The quantitative estimate of drug-likeness (QED) is 0.647. The number of carbonyl (C=O) groups excluding carboxylic acids is 1. The normalized spacial score (nSPS) is 17.0. The van der Waals surface area contributed by atoms with Gasteiger partial charge < -0.3 is 9.47 Å². The van der Waals surface area contributed by atoms with Crippen LogP contribution in [0.1, 0.15) is 19.4 Å². The fraction of sp³-hybridized carbons (Fsp3) is 0.273. The predicted molar refractivity (Wildman–Crippen MR) is 115 cm³/mol. The number of nitrogens with zero attached hydrogens (tertiary/aromatic N) is 2. The second-order valence-electron chi connectivity index (χ2n) is 6.73. The molecule has 0 N–H and O–H groups in total. The van der Waals surface area contributed by atoms with Crippen LogP contribution in [0.4, 0.5) is 5.69 Å². The van der Waals surface area contributed by atoms with E-state index >= 15 is 0 Å². The summed E-state index contributed by atoms with van der Waals surface area (Å²) in [5, 5.41) is 0.693. The van der Waals surface area contributed by atoms with Gasteiger partial charge in [-0.3, -0.25) is 9.69 Å². The smallest absolute Gasteiger partial charge is 0.266 e. The van der Waals surface area contributed by atoms with Gasteiger partial charge in [0, 0.05) is 12.1 Å². The molecule has 6 heteroatoms. The Morgan fingerprint density at radius 3 is 2.46 bits per heavy atom. The van der Waals surface area contributed by atoms with E-state index in [0.717, 1.165) is 11.3 Å². The minimum Gasteiger partial charge on any atom is -0.493 e. The molecule has 2 aromatic rings. The number of amidine groups is 1. The molecule has 1 aliphatic rings. The third kappa shape index (κ3) is 4.39. The van der Waals surface area contributed by atoms with Crippen LogP contribution >= 0.6 is 11.8 Å². The van der Waals surface area contributed by atoms with Crippen LogP contribution in [0.5, 0.6) is 11.5 Å². The molecule has 0 atom stereocenters. The van der Waals surface area contributed by atoms with Crippen LogP contribution in [0.3, 0.4) is 0 Å². The molecule has 0 aromatic heterocycles. The predicted octanol–water partition coefficient (Wildman–Crippen LogP) is 4.96. The summed E-state index contributed by atoms with van der Waals surface area (Å²) in [5.41, 5.74) is 1.62. The van der Waals surface area contributed by atoms with Gasteiger partial charge in [0.15, 0.2) is 16.7 Å². The van der Waals surface area contributed by atoms with E-state index in [4.69, 9.17) is 14.5 Å². The Morgan fingerprint density at radius 1 is 1.07 bits per heavy atom. The van der Waals surface area contributed by atoms with Gasteiger partial charge in [-0.25, -0.2) is 4.99 Å². The Kier molecular flexibility index (Phi) is 6.41. The highest BCUT2D eigenvalue weighted by Crippen LogP contribution is 2.38. The van der Waals surface area contributed by atoms with E-state index in [-0.39, 0.29) is 5.91 Å². The second-order valence-corrected chi connectivity index (χ2v) is 7.74. The van der Waals surface area contributed by atoms with Crippen LogP contribution in [0.15, 0.2) is 58.4 Å². The zero-order chi connectivity index (χ0) is 20.1. The lowest BCUT2D eigenvalue weighted by atomic mass is 10.1. The van der Waals surface area contributed by atoms with Crippen molar-refractivity contribution in [2.24, 2.45) is 10.9 Å². The molecule has 1 aliphatic heterocycles. The summed E-state index contributed by atoms with van der Waals surface area (Å²) < 4.78 is 10.9. The number of benzene rings is 2. The van der Waals surface area contributed by atoms with Gasteiger partial charge in [-0.2, -0.15) is 0 Å². The molecule has 146 valence electrons. The van der Waals surface area contributed by atoms with E-state index in [9.17, 15) is 4.79 Å². The summed E-state index contributed by atoms with van der Waals surface area (Å²) in [6.07, 6.45) is 1.84.